The summed E-state index contributed by atoms with van der Waals surface area (Å²) in [5.41, 5.74) is 12.8. The first-order valence-corrected chi connectivity index (χ1v) is 20.4. The fourth-order valence-corrected chi connectivity index (χ4v) is 9.18. The van der Waals surface area contributed by atoms with Crippen LogP contribution in [0.2, 0.25) is 0 Å². The van der Waals surface area contributed by atoms with Gasteiger partial charge in [0.25, 0.3) is 0 Å². The largest absolute Gasteiger partial charge is 0.355 e. The number of allylic oxidation sites excluding steroid dienone is 4. The van der Waals surface area contributed by atoms with E-state index in [0.717, 1.165) is 53.2 Å². The first-order valence-electron chi connectivity index (χ1n) is 19.6. The molecule has 0 radical (unpaired) electrons. The number of aliphatic imine (C=N–C) groups is 2. The third-order valence-electron chi connectivity index (χ3n) is 10.8. The molecule has 2 heterocycles. The van der Waals surface area contributed by atoms with Gasteiger partial charge in [0, 0.05) is 42.7 Å². The third-order valence-corrected chi connectivity index (χ3v) is 11.9. The summed E-state index contributed by atoms with van der Waals surface area (Å²) in [6.45, 7) is 0. The molecule has 0 bridgehead atoms. The van der Waals surface area contributed by atoms with Gasteiger partial charge in [0.1, 0.15) is 12.0 Å². The van der Waals surface area contributed by atoms with Crippen LogP contribution in [0.3, 0.4) is 0 Å². The van der Waals surface area contributed by atoms with E-state index >= 15 is 0 Å². The monoisotopic (exact) mass is 752 g/mol. The van der Waals surface area contributed by atoms with Crippen LogP contribution < -0.4 is 10.6 Å². The molecule has 0 amide bonds. The number of benzene rings is 7. The van der Waals surface area contributed by atoms with E-state index in [9.17, 15) is 0 Å². The lowest BCUT2D eigenvalue weighted by Gasteiger charge is -2.25. The summed E-state index contributed by atoms with van der Waals surface area (Å²) in [5.74, 6) is 1.50. The van der Waals surface area contributed by atoms with E-state index in [-0.39, 0.29) is 6.17 Å². The maximum Gasteiger partial charge on any atom is 0.161 e. The zero-order valence-corrected chi connectivity index (χ0v) is 32.2. The Labute approximate surface area is 337 Å². The molecule has 0 saturated heterocycles. The van der Waals surface area contributed by atoms with Crippen molar-refractivity contribution in [2.24, 2.45) is 9.98 Å². The summed E-state index contributed by atoms with van der Waals surface area (Å²) in [5, 5.41) is 9.82. The van der Waals surface area contributed by atoms with Gasteiger partial charge in [0.05, 0.1) is 0 Å². The molecule has 1 aliphatic carbocycles. The molecule has 1 aliphatic heterocycles. The molecule has 57 heavy (non-hydrogen) atoms. The lowest BCUT2D eigenvalue weighted by Crippen LogP contribution is -2.33. The summed E-state index contributed by atoms with van der Waals surface area (Å²) in [4.78, 5) is 10.6. The number of rotatable bonds is 9. The predicted octanol–water partition coefficient (Wildman–Crippen LogP) is 13.1. The van der Waals surface area contributed by atoms with Crippen molar-refractivity contribution in [3.8, 4) is 0 Å². The Morgan fingerprint density at radius 2 is 1.25 bits per heavy atom. The number of thiophene rings is 1. The fourth-order valence-electron chi connectivity index (χ4n) is 8.07. The average Bonchev–Trinajstić information content (AvgIpc) is 3.66. The summed E-state index contributed by atoms with van der Waals surface area (Å²) in [6, 6.07) is 62.4. The number of hydrogen-bond acceptors (Lipinski definition) is 5. The second-order valence-corrected chi connectivity index (χ2v) is 15.7. The molecular weight excluding hydrogens is 713 g/mol. The highest BCUT2D eigenvalue weighted by atomic mass is 32.1. The van der Waals surface area contributed by atoms with E-state index in [0.29, 0.717) is 5.84 Å². The number of hydrogen-bond donors (Lipinski definition) is 2. The fraction of sp³-hybridized carbons (Fsp3) is 0.0769. The van der Waals surface area contributed by atoms with Crippen LogP contribution in [0.15, 0.2) is 198 Å². The highest BCUT2D eigenvalue weighted by Crippen LogP contribution is 2.42. The molecule has 0 fully saturated rings. The molecule has 10 rings (SSSR count). The van der Waals surface area contributed by atoms with Crippen LogP contribution in [0, 0.1) is 0 Å². The van der Waals surface area contributed by atoms with E-state index in [1.807, 2.05) is 35.6 Å². The zero-order valence-electron chi connectivity index (χ0n) is 31.4. The number of amidine groups is 2. The lowest BCUT2D eigenvalue weighted by atomic mass is 9.86. The second-order valence-electron chi connectivity index (χ2n) is 14.6. The van der Waals surface area contributed by atoms with Crippen molar-refractivity contribution in [1.29, 1.82) is 0 Å². The van der Waals surface area contributed by atoms with E-state index < -0.39 is 0 Å². The van der Waals surface area contributed by atoms with Gasteiger partial charge in [0.2, 0.25) is 0 Å². The van der Waals surface area contributed by atoms with Gasteiger partial charge in [0.15, 0.2) is 5.84 Å². The smallest absolute Gasteiger partial charge is 0.161 e. The predicted molar refractivity (Wildman–Crippen MR) is 242 cm³/mol. The summed E-state index contributed by atoms with van der Waals surface area (Å²) in [7, 11) is 0. The van der Waals surface area contributed by atoms with E-state index in [1.54, 1.807) is 0 Å². The van der Waals surface area contributed by atoms with Crippen LogP contribution >= 0.6 is 11.3 Å². The molecule has 8 aromatic rings. The molecule has 4 nitrogen and oxygen atoms in total. The molecule has 7 aromatic carbocycles. The summed E-state index contributed by atoms with van der Waals surface area (Å²) >= 11 is 1.84. The van der Waals surface area contributed by atoms with Crippen LogP contribution in [-0.2, 0) is 6.42 Å². The minimum atomic E-state index is -0.313. The average molecular weight is 753 g/mol. The maximum absolute atomic E-state index is 5.34. The zero-order chi connectivity index (χ0) is 38.0. The number of nitrogens with zero attached hydrogens (tertiary/aromatic N) is 2. The minimum Gasteiger partial charge on any atom is -0.355 e. The Morgan fingerprint density at radius 1 is 0.579 bits per heavy atom. The summed E-state index contributed by atoms with van der Waals surface area (Å²) < 4.78 is 2.49. The van der Waals surface area contributed by atoms with Gasteiger partial charge in [-0.2, -0.15) is 0 Å². The topological polar surface area (TPSA) is 48.8 Å². The van der Waals surface area contributed by atoms with Gasteiger partial charge in [-0.05, 0) is 101 Å². The van der Waals surface area contributed by atoms with Gasteiger partial charge < -0.3 is 10.6 Å². The molecule has 2 N–H and O–H groups in total. The molecule has 1 unspecified atom stereocenters. The van der Waals surface area contributed by atoms with Gasteiger partial charge in [-0.1, -0.05) is 146 Å². The van der Waals surface area contributed by atoms with Crippen molar-refractivity contribution < 1.29 is 0 Å². The highest BCUT2D eigenvalue weighted by molar-refractivity contribution is 7.25. The standard InChI is InChI=1S/C52H40N4S/c1-4-16-35(17-5-1)32-36-18-14-21-38(33-36)41-24-10-11-25-42(41)39-30-31-47-45(34-39)49-44(27-15-29-48(49)57-47)52-55-50(37-19-6-2-7-20-37)54-51(56-52)43-26-12-13-28-46(43)53-40-22-8-3-9-23-40/h1-9,12-31,33-34,50,53H,10-11,32H2,(H,54,55,56). The number of anilines is 2. The Morgan fingerprint density at radius 3 is 2.05 bits per heavy atom. The Kier molecular flexibility index (Phi) is 9.35. The maximum atomic E-state index is 5.34. The van der Waals surface area contributed by atoms with Crippen LogP contribution in [0.4, 0.5) is 11.4 Å². The van der Waals surface area contributed by atoms with Crippen LogP contribution in [0.1, 0.15) is 58.0 Å². The van der Waals surface area contributed by atoms with Crippen molar-refractivity contribution in [3.63, 3.8) is 0 Å². The normalized spacial score (nSPS) is 15.3. The van der Waals surface area contributed by atoms with Crippen molar-refractivity contribution in [3.05, 3.63) is 227 Å². The minimum absolute atomic E-state index is 0.313. The number of fused-ring (bicyclic) bond motifs is 3. The number of para-hydroxylation sites is 2. The molecule has 0 spiro atoms. The van der Waals surface area contributed by atoms with Gasteiger partial charge >= 0.3 is 0 Å². The number of nitrogens with one attached hydrogen (secondary N) is 2. The quantitative estimate of drug-likeness (QED) is 0.154. The van der Waals surface area contributed by atoms with E-state index in [1.165, 1.54) is 53.6 Å². The van der Waals surface area contributed by atoms with Gasteiger partial charge in [-0.25, -0.2) is 9.98 Å². The molecule has 274 valence electrons. The second kappa shape index (κ2) is 15.4. The lowest BCUT2D eigenvalue weighted by molar-refractivity contribution is 0.674. The van der Waals surface area contributed by atoms with Gasteiger partial charge in [-0.15, -0.1) is 11.3 Å². The first kappa shape index (κ1) is 34.7. The SMILES string of the molecule is C1=C(c2cccc(Cc3ccccc3)c2)C(c2ccc3sc4cccc(C5=NC(c6ccccc6Nc6ccccc6)=NC(c6ccccc6)N5)c4c3c2)=CCC1. The van der Waals surface area contributed by atoms with Crippen LogP contribution in [0.5, 0.6) is 0 Å². The van der Waals surface area contributed by atoms with E-state index in [2.05, 4.69) is 174 Å². The van der Waals surface area contributed by atoms with Crippen molar-refractivity contribution >= 4 is 65.7 Å². The molecule has 1 atom stereocenters. The highest BCUT2D eigenvalue weighted by Gasteiger charge is 2.25. The van der Waals surface area contributed by atoms with Crippen LogP contribution in [-0.4, -0.2) is 11.7 Å². The molecule has 2 aliphatic rings. The van der Waals surface area contributed by atoms with Crippen molar-refractivity contribution in [2.75, 3.05) is 5.32 Å². The molecule has 0 saturated carbocycles. The molecular formula is C52H40N4S. The summed E-state index contributed by atoms with van der Waals surface area (Å²) in [6.07, 6.45) is 7.52. The molecule has 1 aromatic heterocycles. The Balaban J connectivity index is 1.06. The van der Waals surface area contributed by atoms with Gasteiger partial charge in [-0.3, -0.25) is 0 Å². The van der Waals surface area contributed by atoms with Crippen molar-refractivity contribution in [1.82, 2.24) is 5.32 Å². The van der Waals surface area contributed by atoms with Crippen LogP contribution in [0.25, 0.3) is 31.3 Å². The first-order chi connectivity index (χ1) is 28.2. The van der Waals surface area contributed by atoms with Crippen molar-refractivity contribution in [2.45, 2.75) is 25.4 Å². The van der Waals surface area contributed by atoms with E-state index in [4.69, 9.17) is 9.98 Å². The molecule has 5 heteroatoms. The Bertz CT molecular complexity index is 2870. The third kappa shape index (κ3) is 7.10. The Hall–Kier alpha value is -6.82.